The molecule has 0 saturated heterocycles. The molecule has 1 aromatic rings. The molecule has 1 unspecified atom stereocenters. The Labute approximate surface area is 124 Å². The predicted molar refractivity (Wildman–Crippen MR) is 78.6 cm³/mol. The summed E-state index contributed by atoms with van der Waals surface area (Å²) < 4.78 is 0. The van der Waals surface area contributed by atoms with Crippen LogP contribution in [0.5, 0.6) is 0 Å². The highest BCUT2D eigenvalue weighted by Crippen LogP contribution is 2.27. The molecule has 0 spiro atoms. The topological polar surface area (TPSA) is 57.6 Å². The van der Waals surface area contributed by atoms with Crippen LogP contribution in [0.25, 0.3) is 0 Å². The molecule has 2 atom stereocenters. The summed E-state index contributed by atoms with van der Waals surface area (Å²) in [5, 5.41) is 9.44. The second kappa shape index (κ2) is 5.72. The van der Waals surface area contributed by atoms with Gasteiger partial charge in [-0.2, -0.15) is 0 Å². The molecule has 0 fully saturated rings. The number of nitrogens with zero attached hydrogens (tertiary/aromatic N) is 1. The maximum absolute atomic E-state index is 12.5. The van der Waals surface area contributed by atoms with Gasteiger partial charge >= 0.3 is 5.97 Å². The molecule has 0 saturated carbocycles. The number of amides is 1. The molecule has 2 aliphatic rings. The normalized spacial score (nSPS) is 23.9. The molecule has 1 heterocycles. The Morgan fingerprint density at radius 3 is 2.67 bits per heavy atom. The van der Waals surface area contributed by atoms with Crippen molar-refractivity contribution in [3.05, 3.63) is 47.5 Å². The van der Waals surface area contributed by atoms with Crippen LogP contribution in [0.2, 0.25) is 0 Å². The standard InChI is InChI=1S/C17H19NO3/c19-16(9-12-5-1-2-6-12)18-11-14-8-4-3-7-13(14)10-15(18)17(20)21/h1,3-5,7-8,12,15H,2,6,9-11H2,(H,20,21)/t12?,15-/m0/s1. The molecule has 1 aliphatic carbocycles. The van der Waals surface area contributed by atoms with E-state index in [2.05, 4.69) is 12.2 Å². The van der Waals surface area contributed by atoms with E-state index in [4.69, 9.17) is 0 Å². The molecular formula is C17H19NO3. The lowest BCUT2D eigenvalue weighted by molar-refractivity contribution is -0.151. The number of carboxylic acid groups (broad SMARTS) is 1. The first-order chi connectivity index (χ1) is 10.1. The van der Waals surface area contributed by atoms with Gasteiger partial charge in [0.15, 0.2) is 0 Å². The first kappa shape index (κ1) is 13.9. The van der Waals surface area contributed by atoms with Crippen molar-refractivity contribution in [2.45, 2.75) is 38.3 Å². The third kappa shape index (κ3) is 2.84. The van der Waals surface area contributed by atoms with Gasteiger partial charge in [0.1, 0.15) is 6.04 Å². The largest absolute Gasteiger partial charge is 0.480 e. The zero-order valence-electron chi connectivity index (χ0n) is 11.9. The van der Waals surface area contributed by atoms with Crippen LogP contribution >= 0.6 is 0 Å². The molecule has 0 bridgehead atoms. The number of aliphatic carboxylic acids is 1. The second-order valence-electron chi connectivity index (χ2n) is 5.82. The van der Waals surface area contributed by atoms with Gasteiger partial charge in [-0.25, -0.2) is 4.79 Å². The lowest BCUT2D eigenvalue weighted by atomic mass is 9.93. The summed E-state index contributed by atoms with van der Waals surface area (Å²) in [6.07, 6.45) is 7.00. The minimum Gasteiger partial charge on any atom is -0.480 e. The van der Waals surface area contributed by atoms with E-state index in [0.29, 0.717) is 19.4 Å². The van der Waals surface area contributed by atoms with Crippen molar-refractivity contribution in [2.75, 3.05) is 0 Å². The smallest absolute Gasteiger partial charge is 0.326 e. The highest BCUT2D eigenvalue weighted by molar-refractivity contribution is 5.84. The van der Waals surface area contributed by atoms with E-state index in [1.165, 1.54) is 4.90 Å². The second-order valence-corrected chi connectivity index (χ2v) is 5.82. The van der Waals surface area contributed by atoms with Crippen LogP contribution in [0.15, 0.2) is 36.4 Å². The summed E-state index contributed by atoms with van der Waals surface area (Å²) in [6.45, 7) is 0.405. The quantitative estimate of drug-likeness (QED) is 0.867. The molecule has 21 heavy (non-hydrogen) atoms. The number of benzene rings is 1. The Balaban J connectivity index is 1.80. The van der Waals surface area contributed by atoms with Crippen molar-refractivity contribution in [2.24, 2.45) is 5.92 Å². The van der Waals surface area contributed by atoms with Gasteiger partial charge in [-0.15, -0.1) is 0 Å². The molecule has 1 aromatic carbocycles. The molecule has 1 amide bonds. The fraction of sp³-hybridized carbons (Fsp3) is 0.412. The SMILES string of the molecule is O=C(O)[C@@H]1Cc2ccccc2CN1C(=O)CC1C=CCC1. The molecular weight excluding hydrogens is 266 g/mol. The highest BCUT2D eigenvalue weighted by atomic mass is 16.4. The zero-order valence-corrected chi connectivity index (χ0v) is 11.9. The zero-order chi connectivity index (χ0) is 14.8. The van der Waals surface area contributed by atoms with Crippen LogP contribution < -0.4 is 0 Å². The van der Waals surface area contributed by atoms with Gasteiger partial charge in [-0.3, -0.25) is 4.79 Å². The van der Waals surface area contributed by atoms with Crippen molar-refractivity contribution >= 4 is 11.9 Å². The lowest BCUT2D eigenvalue weighted by Gasteiger charge is -2.35. The molecule has 1 N–H and O–H groups in total. The van der Waals surface area contributed by atoms with Crippen molar-refractivity contribution in [3.8, 4) is 0 Å². The van der Waals surface area contributed by atoms with Crippen LogP contribution in [0.4, 0.5) is 0 Å². The van der Waals surface area contributed by atoms with Crippen molar-refractivity contribution in [1.82, 2.24) is 4.90 Å². The maximum atomic E-state index is 12.5. The molecule has 4 heteroatoms. The summed E-state index contributed by atoms with van der Waals surface area (Å²) in [5.41, 5.74) is 2.10. The first-order valence-corrected chi connectivity index (χ1v) is 7.41. The summed E-state index contributed by atoms with van der Waals surface area (Å²) in [5.74, 6) is -0.697. The fourth-order valence-electron chi connectivity index (χ4n) is 3.21. The van der Waals surface area contributed by atoms with E-state index in [9.17, 15) is 14.7 Å². The Morgan fingerprint density at radius 1 is 1.24 bits per heavy atom. The van der Waals surface area contributed by atoms with E-state index in [1.54, 1.807) is 0 Å². The molecule has 4 nitrogen and oxygen atoms in total. The van der Waals surface area contributed by atoms with Crippen molar-refractivity contribution < 1.29 is 14.7 Å². The Kier molecular flexibility index (Phi) is 3.78. The van der Waals surface area contributed by atoms with Crippen LogP contribution in [0.3, 0.4) is 0 Å². The average Bonchev–Trinajstić information content (AvgIpc) is 2.98. The maximum Gasteiger partial charge on any atom is 0.326 e. The number of hydrogen-bond donors (Lipinski definition) is 1. The third-order valence-corrected chi connectivity index (χ3v) is 4.40. The summed E-state index contributed by atoms with van der Waals surface area (Å²) >= 11 is 0. The van der Waals surface area contributed by atoms with E-state index in [1.807, 2.05) is 24.3 Å². The summed E-state index contributed by atoms with van der Waals surface area (Å²) in [7, 11) is 0. The predicted octanol–water partition coefficient (Wildman–Crippen LogP) is 2.38. The summed E-state index contributed by atoms with van der Waals surface area (Å²) in [6, 6.07) is 7.04. The van der Waals surface area contributed by atoms with Crippen LogP contribution in [-0.2, 0) is 22.6 Å². The highest BCUT2D eigenvalue weighted by Gasteiger charge is 2.34. The summed E-state index contributed by atoms with van der Waals surface area (Å²) in [4.78, 5) is 25.6. The Morgan fingerprint density at radius 2 is 2.00 bits per heavy atom. The minimum atomic E-state index is -0.917. The fourth-order valence-corrected chi connectivity index (χ4v) is 3.21. The van der Waals surface area contributed by atoms with Gasteiger partial charge in [0.05, 0.1) is 0 Å². The van der Waals surface area contributed by atoms with Crippen LogP contribution in [-0.4, -0.2) is 27.9 Å². The number of allylic oxidation sites excluding steroid dienone is 2. The van der Waals surface area contributed by atoms with Gasteiger partial charge in [-0.05, 0) is 29.9 Å². The van der Waals surface area contributed by atoms with Gasteiger partial charge in [0.2, 0.25) is 5.91 Å². The van der Waals surface area contributed by atoms with Crippen LogP contribution in [0, 0.1) is 5.92 Å². The van der Waals surface area contributed by atoms with Crippen molar-refractivity contribution in [1.29, 1.82) is 0 Å². The number of hydrogen-bond acceptors (Lipinski definition) is 2. The van der Waals surface area contributed by atoms with Crippen molar-refractivity contribution in [3.63, 3.8) is 0 Å². The Bertz CT molecular complexity index is 593. The number of carbonyl (C=O) groups is 2. The minimum absolute atomic E-state index is 0.0477. The van der Waals surface area contributed by atoms with Gasteiger partial charge in [0.25, 0.3) is 0 Å². The molecule has 0 aromatic heterocycles. The molecule has 110 valence electrons. The third-order valence-electron chi connectivity index (χ3n) is 4.40. The number of rotatable bonds is 3. The van der Waals surface area contributed by atoms with E-state index < -0.39 is 12.0 Å². The average molecular weight is 285 g/mol. The molecule has 3 rings (SSSR count). The molecule has 1 aliphatic heterocycles. The molecule has 0 radical (unpaired) electrons. The number of carboxylic acids is 1. The van der Waals surface area contributed by atoms with Crippen LogP contribution in [0.1, 0.15) is 30.4 Å². The monoisotopic (exact) mass is 285 g/mol. The van der Waals surface area contributed by atoms with E-state index >= 15 is 0 Å². The van der Waals surface area contributed by atoms with Gasteiger partial charge in [-0.1, -0.05) is 36.4 Å². The van der Waals surface area contributed by atoms with E-state index in [-0.39, 0.29) is 11.8 Å². The Hall–Kier alpha value is -2.10. The lowest BCUT2D eigenvalue weighted by Crippen LogP contribution is -2.48. The van der Waals surface area contributed by atoms with Gasteiger partial charge < -0.3 is 10.0 Å². The first-order valence-electron chi connectivity index (χ1n) is 7.41. The number of fused-ring (bicyclic) bond motifs is 1. The number of carbonyl (C=O) groups excluding carboxylic acids is 1. The van der Waals surface area contributed by atoms with Gasteiger partial charge in [0, 0.05) is 19.4 Å². The van der Waals surface area contributed by atoms with E-state index in [0.717, 1.165) is 24.0 Å².